The second-order valence-electron chi connectivity index (χ2n) is 4.62. The maximum Gasteiger partial charge on any atom is 0.133 e. The van der Waals surface area contributed by atoms with Crippen LogP contribution < -0.4 is 15.4 Å². The summed E-state index contributed by atoms with van der Waals surface area (Å²) < 4.78 is 11.9. The zero-order valence-electron chi connectivity index (χ0n) is 11.2. The Morgan fingerprint density at radius 3 is 3.11 bits per heavy atom. The molecule has 0 spiro atoms. The van der Waals surface area contributed by atoms with Crippen molar-refractivity contribution in [2.75, 3.05) is 39.9 Å². The van der Waals surface area contributed by atoms with Crippen molar-refractivity contribution in [3.63, 3.8) is 0 Å². The summed E-state index contributed by atoms with van der Waals surface area (Å²) in [7, 11) is 1.68. The zero-order chi connectivity index (χ0) is 13.5. The molecule has 1 aliphatic rings. The highest BCUT2D eigenvalue weighted by molar-refractivity contribution is 9.10. The predicted molar refractivity (Wildman–Crippen MR) is 79.9 cm³/mol. The Morgan fingerprint density at radius 2 is 2.42 bits per heavy atom. The number of methoxy groups -OCH3 is 1. The van der Waals surface area contributed by atoms with Gasteiger partial charge in [-0.1, -0.05) is 6.07 Å². The van der Waals surface area contributed by atoms with Gasteiger partial charge in [-0.15, -0.1) is 0 Å². The van der Waals surface area contributed by atoms with E-state index in [0.717, 1.165) is 49.4 Å². The van der Waals surface area contributed by atoms with Crippen LogP contribution in [0.2, 0.25) is 0 Å². The first kappa shape index (κ1) is 14.8. The van der Waals surface area contributed by atoms with Crippen LogP contribution >= 0.6 is 15.9 Å². The third-order valence-corrected chi connectivity index (χ3v) is 3.80. The molecule has 4 nitrogen and oxygen atoms in total. The molecule has 1 aromatic carbocycles. The van der Waals surface area contributed by atoms with Crippen molar-refractivity contribution in [2.24, 2.45) is 0 Å². The fourth-order valence-corrected chi connectivity index (χ4v) is 2.70. The maximum atomic E-state index is 5.63. The maximum absolute atomic E-state index is 5.63. The SMILES string of the molecule is COc1ccc(CCNCC2CNCCO2)cc1Br. The van der Waals surface area contributed by atoms with Crippen LogP contribution in [0, 0.1) is 0 Å². The van der Waals surface area contributed by atoms with Gasteiger partial charge < -0.3 is 20.1 Å². The Hall–Kier alpha value is -0.620. The third kappa shape index (κ3) is 4.76. The van der Waals surface area contributed by atoms with Gasteiger partial charge in [0.25, 0.3) is 0 Å². The number of hydrogen-bond donors (Lipinski definition) is 2. The van der Waals surface area contributed by atoms with Gasteiger partial charge in [-0.3, -0.25) is 0 Å². The molecule has 1 aliphatic heterocycles. The van der Waals surface area contributed by atoms with Gasteiger partial charge in [0.15, 0.2) is 0 Å². The second-order valence-corrected chi connectivity index (χ2v) is 5.47. The van der Waals surface area contributed by atoms with Gasteiger partial charge >= 0.3 is 0 Å². The van der Waals surface area contributed by atoms with E-state index in [-0.39, 0.29) is 0 Å². The number of morpholine rings is 1. The molecule has 1 unspecified atom stereocenters. The molecule has 0 saturated carbocycles. The fraction of sp³-hybridized carbons (Fsp3) is 0.571. The summed E-state index contributed by atoms with van der Waals surface area (Å²) in [5.41, 5.74) is 1.29. The lowest BCUT2D eigenvalue weighted by atomic mass is 10.1. The molecule has 2 rings (SSSR count). The lowest BCUT2D eigenvalue weighted by Gasteiger charge is -2.23. The number of hydrogen-bond acceptors (Lipinski definition) is 4. The van der Waals surface area contributed by atoms with Crippen molar-refractivity contribution >= 4 is 15.9 Å². The van der Waals surface area contributed by atoms with Crippen LogP contribution in [0.3, 0.4) is 0 Å². The smallest absolute Gasteiger partial charge is 0.133 e. The third-order valence-electron chi connectivity index (χ3n) is 3.18. The first-order valence-corrected chi connectivity index (χ1v) is 7.44. The summed E-state index contributed by atoms with van der Waals surface area (Å²) in [6, 6.07) is 6.21. The zero-order valence-corrected chi connectivity index (χ0v) is 12.8. The predicted octanol–water partition coefficient (Wildman–Crippen LogP) is 1.58. The first-order chi connectivity index (χ1) is 9.29. The Labute approximate surface area is 123 Å². The van der Waals surface area contributed by atoms with E-state index in [9.17, 15) is 0 Å². The number of benzene rings is 1. The molecule has 1 heterocycles. The summed E-state index contributed by atoms with van der Waals surface area (Å²) in [6.07, 6.45) is 1.30. The van der Waals surface area contributed by atoms with Gasteiger partial charge in [-0.2, -0.15) is 0 Å². The summed E-state index contributed by atoms with van der Waals surface area (Å²) in [4.78, 5) is 0. The normalized spacial score (nSPS) is 19.4. The molecule has 2 N–H and O–H groups in total. The second kappa shape index (κ2) is 7.85. The number of rotatable bonds is 6. The van der Waals surface area contributed by atoms with E-state index >= 15 is 0 Å². The average molecular weight is 329 g/mol. The van der Waals surface area contributed by atoms with Crippen molar-refractivity contribution in [1.29, 1.82) is 0 Å². The van der Waals surface area contributed by atoms with Crippen LogP contribution in [0.1, 0.15) is 5.56 Å². The quantitative estimate of drug-likeness (QED) is 0.778. The van der Waals surface area contributed by atoms with Gasteiger partial charge in [-0.25, -0.2) is 0 Å². The molecule has 106 valence electrons. The number of nitrogens with one attached hydrogen (secondary N) is 2. The lowest BCUT2D eigenvalue weighted by Crippen LogP contribution is -2.44. The summed E-state index contributed by atoms with van der Waals surface area (Å²) >= 11 is 3.51. The molecule has 1 atom stereocenters. The van der Waals surface area contributed by atoms with Crippen LogP contribution in [0.4, 0.5) is 0 Å². The summed E-state index contributed by atoms with van der Waals surface area (Å²) in [5.74, 6) is 0.874. The van der Waals surface area contributed by atoms with Crippen LogP contribution in [-0.4, -0.2) is 46.0 Å². The molecular formula is C14H21BrN2O2. The minimum Gasteiger partial charge on any atom is -0.496 e. The average Bonchev–Trinajstić information content (AvgIpc) is 2.45. The summed E-state index contributed by atoms with van der Waals surface area (Å²) in [6.45, 7) is 4.60. The molecule has 1 aromatic rings. The molecule has 19 heavy (non-hydrogen) atoms. The molecule has 0 radical (unpaired) electrons. The highest BCUT2D eigenvalue weighted by Gasteiger charge is 2.12. The van der Waals surface area contributed by atoms with Crippen LogP contribution in [0.25, 0.3) is 0 Å². The monoisotopic (exact) mass is 328 g/mol. The van der Waals surface area contributed by atoms with E-state index in [2.05, 4.69) is 38.7 Å². The first-order valence-electron chi connectivity index (χ1n) is 6.65. The number of halogens is 1. The van der Waals surface area contributed by atoms with Gasteiger partial charge in [0.1, 0.15) is 5.75 Å². The van der Waals surface area contributed by atoms with E-state index in [4.69, 9.17) is 9.47 Å². The van der Waals surface area contributed by atoms with Crippen LogP contribution in [0.5, 0.6) is 5.75 Å². The minimum atomic E-state index is 0.302. The molecule has 1 fully saturated rings. The van der Waals surface area contributed by atoms with Crippen LogP contribution in [0.15, 0.2) is 22.7 Å². The molecule has 1 saturated heterocycles. The van der Waals surface area contributed by atoms with E-state index in [1.165, 1.54) is 5.56 Å². The van der Waals surface area contributed by atoms with E-state index in [0.29, 0.717) is 6.10 Å². The summed E-state index contributed by atoms with van der Waals surface area (Å²) in [5, 5.41) is 6.77. The van der Waals surface area contributed by atoms with Crippen LogP contribution in [-0.2, 0) is 11.2 Å². The molecule has 0 bridgehead atoms. The number of ether oxygens (including phenoxy) is 2. The molecular weight excluding hydrogens is 308 g/mol. The highest BCUT2D eigenvalue weighted by atomic mass is 79.9. The molecule has 5 heteroatoms. The fourth-order valence-electron chi connectivity index (χ4n) is 2.11. The van der Waals surface area contributed by atoms with Gasteiger partial charge in [-0.05, 0) is 46.6 Å². The highest BCUT2D eigenvalue weighted by Crippen LogP contribution is 2.25. The van der Waals surface area contributed by atoms with Crippen molar-refractivity contribution in [3.05, 3.63) is 28.2 Å². The minimum absolute atomic E-state index is 0.302. The van der Waals surface area contributed by atoms with Crippen molar-refractivity contribution in [2.45, 2.75) is 12.5 Å². The van der Waals surface area contributed by atoms with E-state index in [1.54, 1.807) is 7.11 Å². The van der Waals surface area contributed by atoms with E-state index in [1.807, 2.05) is 6.07 Å². The van der Waals surface area contributed by atoms with Gasteiger partial charge in [0.05, 0.1) is 24.3 Å². The van der Waals surface area contributed by atoms with Crippen molar-refractivity contribution in [3.8, 4) is 5.75 Å². The standard InChI is InChI=1S/C14H21BrN2O2/c1-18-14-3-2-11(8-13(14)15)4-5-16-9-12-10-17-6-7-19-12/h2-3,8,12,16-17H,4-7,9-10H2,1H3. The van der Waals surface area contributed by atoms with Crippen molar-refractivity contribution < 1.29 is 9.47 Å². The Bertz CT molecular complexity index is 395. The lowest BCUT2D eigenvalue weighted by molar-refractivity contribution is 0.0294. The Kier molecular flexibility index (Phi) is 6.10. The van der Waals surface area contributed by atoms with Gasteiger partial charge in [0.2, 0.25) is 0 Å². The largest absolute Gasteiger partial charge is 0.496 e. The van der Waals surface area contributed by atoms with Crippen molar-refractivity contribution in [1.82, 2.24) is 10.6 Å². The Balaban J connectivity index is 1.69. The molecule has 0 aliphatic carbocycles. The molecule has 0 amide bonds. The van der Waals surface area contributed by atoms with Gasteiger partial charge in [0, 0.05) is 19.6 Å². The topological polar surface area (TPSA) is 42.5 Å². The molecule has 0 aromatic heterocycles. The Morgan fingerprint density at radius 1 is 1.53 bits per heavy atom. The van der Waals surface area contributed by atoms with E-state index < -0.39 is 0 Å².